The van der Waals surface area contributed by atoms with Crippen LogP contribution in [0.1, 0.15) is 46.9 Å². The fourth-order valence-corrected chi connectivity index (χ4v) is 6.00. The zero-order valence-corrected chi connectivity index (χ0v) is 23.0. The monoisotopic (exact) mass is 563 g/mol. The Balaban J connectivity index is 1.71. The van der Waals surface area contributed by atoms with Crippen LogP contribution in [0.15, 0.2) is 54.9 Å². The fourth-order valence-electron chi connectivity index (χ4n) is 5.64. The van der Waals surface area contributed by atoms with Gasteiger partial charge in [0, 0.05) is 44.4 Å². The van der Waals surface area contributed by atoms with Gasteiger partial charge in [-0.25, -0.2) is 4.98 Å². The Bertz CT molecular complexity index is 1680. The SMILES string of the molecule is COc1ncc(-n2cc3c(c2C(C)C)C2(C(=O)Nc4cc(Cl)ccc42)N(c2cccc(Cl)c2)C3=O)c(OC)n1. The molecule has 0 aliphatic carbocycles. The number of nitrogens with one attached hydrogen (secondary N) is 1. The smallest absolute Gasteiger partial charge is 0.319 e. The molecule has 9 nitrogen and oxygen atoms in total. The molecule has 0 saturated carbocycles. The first kappa shape index (κ1) is 25.2. The van der Waals surface area contributed by atoms with Crippen LogP contribution in [0.4, 0.5) is 11.4 Å². The molecule has 0 saturated heterocycles. The summed E-state index contributed by atoms with van der Waals surface area (Å²) in [7, 11) is 2.96. The highest BCUT2D eigenvalue weighted by Crippen LogP contribution is 2.56. The second-order valence-electron chi connectivity index (χ2n) is 9.55. The summed E-state index contributed by atoms with van der Waals surface area (Å²) in [5.41, 5.74) is 2.30. The van der Waals surface area contributed by atoms with Crippen molar-refractivity contribution in [1.82, 2.24) is 14.5 Å². The van der Waals surface area contributed by atoms with E-state index in [4.69, 9.17) is 32.7 Å². The van der Waals surface area contributed by atoms with Gasteiger partial charge in [0.25, 0.3) is 11.8 Å². The average Bonchev–Trinajstić information content (AvgIpc) is 3.52. The molecule has 2 aromatic heterocycles. The molecule has 6 rings (SSSR count). The number of amides is 2. The molecule has 1 atom stereocenters. The topological polar surface area (TPSA) is 98.6 Å². The third-order valence-corrected chi connectivity index (χ3v) is 7.55. The number of hydrogen-bond donors (Lipinski definition) is 1. The molecular formula is C28H23Cl2N5O4. The number of rotatable bonds is 5. The number of methoxy groups -OCH3 is 2. The van der Waals surface area contributed by atoms with E-state index >= 15 is 0 Å². The van der Waals surface area contributed by atoms with Crippen molar-refractivity contribution in [3.8, 4) is 17.6 Å². The second-order valence-corrected chi connectivity index (χ2v) is 10.4. The summed E-state index contributed by atoms with van der Waals surface area (Å²) in [6, 6.07) is 12.2. The number of carbonyl (C=O) groups is 2. The van der Waals surface area contributed by atoms with E-state index in [1.807, 2.05) is 18.4 Å². The standard InChI is InChI=1S/C28H23Cl2N5O4/c1-14(2)23-22-18(13-34(23)21-12-31-27(39-4)33-24(21)38-3)25(36)35(17-7-5-6-15(29)10-17)28(22)19-9-8-16(30)11-20(19)32-26(28)37/h5-14H,1-4H3,(H,32,37). The predicted octanol–water partition coefficient (Wildman–Crippen LogP) is 5.57. The molecule has 1 spiro atoms. The zero-order chi connectivity index (χ0) is 27.6. The van der Waals surface area contributed by atoms with Crippen LogP contribution >= 0.6 is 23.2 Å². The van der Waals surface area contributed by atoms with E-state index in [1.165, 1.54) is 19.1 Å². The minimum Gasteiger partial charge on any atom is -0.479 e. The first-order chi connectivity index (χ1) is 18.7. The van der Waals surface area contributed by atoms with Gasteiger partial charge in [-0.1, -0.05) is 49.2 Å². The Hall–Kier alpha value is -4.08. The highest BCUT2D eigenvalue weighted by Gasteiger charge is 2.63. The summed E-state index contributed by atoms with van der Waals surface area (Å²) < 4.78 is 12.6. The maximum atomic E-state index is 14.3. The first-order valence-corrected chi connectivity index (χ1v) is 12.9. The van der Waals surface area contributed by atoms with Gasteiger partial charge in [0.05, 0.1) is 26.0 Å². The summed E-state index contributed by atoms with van der Waals surface area (Å²) in [6.07, 6.45) is 3.29. The fraction of sp³-hybridized carbons (Fsp3) is 0.214. The summed E-state index contributed by atoms with van der Waals surface area (Å²) >= 11 is 12.7. The quantitative estimate of drug-likeness (QED) is 0.340. The van der Waals surface area contributed by atoms with E-state index in [1.54, 1.807) is 54.9 Å². The predicted molar refractivity (Wildman–Crippen MR) is 148 cm³/mol. The van der Waals surface area contributed by atoms with Crippen molar-refractivity contribution in [3.05, 3.63) is 87.3 Å². The van der Waals surface area contributed by atoms with E-state index < -0.39 is 5.54 Å². The number of carbonyl (C=O) groups excluding carboxylic acids is 2. The molecule has 1 unspecified atom stereocenters. The summed E-state index contributed by atoms with van der Waals surface area (Å²) in [6.45, 7) is 4.00. The number of ether oxygens (including phenoxy) is 2. The van der Waals surface area contributed by atoms with Crippen LogP contribution < -0.4 is 19.7 Å². The van der Waals surface area contributed by atoms with Crippen molar-refractivity contribution in [2.24, 2.45) is 0 Å². The van der Waals surface area contributed by atoms with Gasteiger partial charge in [0.15, 0.2) is 5.54 Å². The second kappa shape index (κ2) is 9.00. The third kappa shape index (κ3) is 3.46. The van der Waals surface area contributed by atoms with Crippen LogP contribution in [0.25, 0.3) is 5.69 Å². The lowest BCUT2D eigenvalue weighted by Crippen LogP contribution is -2.50. The van der Waals surface area contributed by atoms with Crippen molar-refractivity contribution >= 4 is 46.4 Å². The van der Waals surface area contributed by atoms with Crippen LogP contribution in [0.2, 0.25) is 10.0 Å². The van der Waals surface area contributed by atoms with Crippen molar-refractivity contribution in [1.29, 1.82) is 0 Å². The van der Waals surface area contributed by atoms with E-state index in [-0.39, 0.29) is 29.6 Å². The summed E-state index contributed by atoms with van der Waals surface area (Å²) in [5.74, 6) is -0.592. The molecule has 4 aromatic rings. The number of anilines is 2. The lowest BCUT2D eigenvalue weighted by atomic mass is 9.81. The van der Waals surface area contributed by atoms with Crippen LogP contribution in [0, 0.1) is 0 Å². The molecule has 198 valence electrons. The number of hydrogen-bond acceptors (Lipinski definition) is 6. The number of benzene rings is 2. The van der Waals surface area contributed by atoms with Crippen molar-refractivity contribution < 1.29 is 19.1 Å². The van der Waals surface area contributed by atoms with Crippen molar-refractivity contribution in [2.75, 3.05) is 24.4 Å². The molecule has 4 heterocycles. The number of nitrogens with zero attached hydrogens (tertiary/aromatic N) is 4. The van der Waals surface area contributed by atoms with Crippen molar-refractivity contribution in [3.63, 3.8) is 0 Å². The Kier molecular flexibility index (Phi) is 5.82. The molecule has 39 heavy (non-hydrogen) atoms. The van der Waals surface area contributed by atoms with E-state index in [9.17, 15) is 9.59 Å². The first-order valence-electron chi connectivity index (χ1n) is 12.1. The maximum Gasteiger partial charge on any atom is 0.319 e. The van der Waals surface area contributed by atoms with E-state index in [0.717, 1.165) is 5.69 Å². The van der Waals surface area contributed by atoms with Crippen LogP contribution in [-0.4, -0.2) is 40.6 Å². The van der Waals surface area contributed by atoms with Crippen LogP contribution in [0.3, 0.4) is 0 Å². The number of aromatic nitrogens is 3. The Morgan fingerprint density at radius 3 is 2.49 bits per heavy atom. The normalized spacial score (nSPS) is 17.6. The van der Waals surface area contributed by atoms with E-state index in [2.05, 4.69) is 15.3 Å². The number of fused-ring (bicyclic) bond motifs is 4. The Morgan fingerprint density at radius 2 is 1.79 bits per heavy atom. The lowest BCUT2D eigenvalue weighted by Gasteiger charge is -2.36. The Labute approximate surface area is 234 Å². The molecule has 1 N–H and O–H groups in total. The van der Waals surface area contributed by atoms with Crippen LogP contribution in [-0.2, 0) is 10.3 Å². The molecule has 2 aliphatic heterocycles. The largest absolute Gasteiger partial charge is 0.479 e. The van der Waals surface area contributed by atoms with Gasteiger partial charge in [0.2, 0.25) is 5.88 Å². The molecule has 2 aliphatic rings. The van der Waals surface area contributed by atoms with Gasteiger partial charge in [-0.05, 0) is 36.2 Å². The van der Waals surface area contributed by atoms with Gasteiger partial charge in [0.1, 0.15) is 5.69 Å². The van der Waals surface area contributed by atoms with Gasteiger partial charge in [-0.2, -0.15) is 4.98 Å². The highest BCUT2D eigenvalue weighted by atomic mass is 35.5. The maximum absolute atomic E-state index is 14.3. The minimum absolute atomic E-state index is 0.131. The molecule has 0 radical (unpaired) electrons. The van der Waals surface area contributed by atoms with Crippen LogP contribution in [0.5, 0.6) is 11.9 Å². The number of halogens is 2. The lowest BCUT2D eigenvalue weighted by molar-refractivity contribution is -0.119. The average molecular weight is 564 g/mol. The zero-order valence-electron chi connectivity index (χ0n) is 21.5. The van der Waals surface area contributed by atoms with Gasteiger partial charge < -0.3 is 19.4 Å². The van der Waals surface area contributed by atoms with Crippen molar-refractivity contribution in [2.45, 2.75) is 25.3 Å². The minimum atomic E-state index is -1.51. The summed E-state index contributed by atoms with van der Waals surface area (Å²) in [5, 5.41) is 3.88. The molecule has 0 bridgehead atoms. The molecule has 0 fully saturated rings. The van der Waals surface area contributed by atoms with Gasteiger partial charge in [-0.15, -0.1) is 0 Å². The van der Waals surface area contributed by atoms with Gasteiger partial charge in [-0.3, -0.25) is 14.5 Å². The molecule has 11 heteroatoms. The highest BCUT2D eigenvalue weighted by molar-refractivity contribution is 6.32. The molecule has 2 aromatic carbocycles. The third-order valence-electron chi connectivity index (χ3n) is 7.08. The summed E-state index contributed by atoms with van der Waals surface area (Å²) in [4.78, 5) is 38.7. The Morgan fingerprint density at radius 1 is 1.03 bits per heavy atom. The molecule has 2 amide bonds. The molecular weight excluding hydrogens is 541 g/mol. The van der Waals surface area contributed by atoms with Gasteiger partial charge >= 0.3 is 6.01 Å². The van der Waals surface area contributed by atoms with E-state index in [0.29, 0.717) is 43.8 Å².